The van der Waals surface area contributed by atoms with Crippen LogP contribution in [0.2, 0.25) is 0 Å². The average Bonchev–Trinajstić information content (AvgIpc) is 2.80. The van der Waals surface area contributed by atoms with Crippen molar-refractivity contribution in [2.75, 3.05) is 39.4 Å². The Kier molecular flexibility index (Phi) is 6.86. The molecule has 0 unspecified atom stereocenters. The number of hydrogen-bond donors (Lipinski definition) is 0. The smallest absolute Gasteiger partial charge is 0.225 e. The minimum Gasteiger partial charge on any atom is -0.381 e. The Hall–Kier alpha value is -1.88. The number of amides is 2. The fourth-order valence-electron chi connectivity index (χ4n) is 5.11. The summed E-state index contributed by atoms with van der Waals surface area (Å²) in [7, 11) is 0. The summed E-state index contributed by atoms with van der Waals surface area (Å²) in [6, 6.07) is 10.7. The standard InChI is InChI=1S/C24H34N2O3/c27-23(25-12-6-20(7-13-25)18-19-4-2-1-3-5-19)21-8-14-26(15-9-21)24(28)22-10-16-29-17-11-22/h1-5,20-22H,6-18H2. The van der Waals surface area contributed by atoms with Gasteiger partial charge >= 0.3 is 0 Å². The molecule has 1 aromatic carbocycles. The van der Waals surface area contributed by atoms with Gasteiger partial charge in [-0.3, -0.25) is 9.59 Å². The third-order valence-corrected chi connectivity index (χ3v) is 7.02. The van der Waals surface area contributed by atoms with Crippen molar-refractivity contribution in [3.63, 3.8) is 0 Å². The lowest BCUT2D eigenvalue weighted by Gasteiger charge is -2.38. The summed E-state index contributed by atoms with van der Waals surface area (Å²) < 4.78 is 5.37. The lowest BCUT2D eigenvalue weighted by molar-refractivity contribution is -0.144. The maximum Gasteiger partial charge on any atom is 0.225 e. The largest absolute Gasteiger partial charge is 0.381 e. The second kappa shape index (κ2) is 9.75. The molecule has 3 saturated heterocycles. The van der Waals surface area contributed by atoms with Crippen molar-refractivity contribution < 1.29 is 14.3 Å². The number of carbonyl (C=O) groups excluding carboxylic acids is 2. The van der Waals surface area contributed by atoms with Crippen LogP contribution in [0.15, 0.2) is 30.3 Å². The molecule has 0 aliphatic carbocycles. The third-order valence-electron chi connectivity index (χ3n) is 7.02. The first-order chi connectivity index (χ1) is 14.2. The fraction of sp³-hybridized carbons (Fsp3) is 0.667. The van der Waals surface area contributed by atoms with Gasteiger partial charge in [-0.1, -0.05) is 30.3 Å². The molecule has 4 rings (SSSR count). The van der Waals surface area contributed by atoms with E-state index in [1.165, 1.54) is 5.56 Å². The van der Waals surface area contributed by atoms with Crippen LogP contribution in [0, 0.1) is 17.8 Å². The van der Waals surface area contributed by atoms with Crippen molar-refractivity contribution in [2.45, 2.75) is 44.9 Å². The molecular weight excluding hydrogens is 364 g/mol. The molecule has 3 aliphatic rings. The van der Waals surface area contributed by atoms with Crippen LogP contribution in [0.4, 0.5) is 0 Å². The number of ether oxygens (including phenoxy) is 1. The molecule has 3 aliphatic heterocycles. The molecule has 2 amide bonds. The molecule has 5 nitrogen and oxygen atoms in total. The predicted octanol–water partition coefficient (Wildman–Crippen LogP) is 3.13. The van der Waals surface area contributed by atoms with Crippen LogP contribution in [0.1, 0.15) is 44.1 Å². The minimum atomic E-state index is 0.0967. The second-order valence-electron chi connectivity index (χ2n) is 8.94. The number of hydrogen-bond acceptors (Lipinski definition) is 3. The first-order valence-corrected chi connectivity index (χ1v) is 11.4. The van der Waals surface area contributed by atoms with Crippen molar-refractivity contribution in [3.8, 4) is 0 Å². The first-order valence-electron chi connectivity index (χ1n) is 11.4. The average molecular weight is 399 g/mol. The van der Waals surface area contributed by atoms with E-state index in [1.54, 1.807) is 0 Å². The van der Waals surface area contributed by atoms with Gasteiger partial charge in [0, 0.05) is 51.2 Å². The Labute approximate surface area is 174 Å². The Morgan fingerprint density at radius 1 is 0.759 bits per heavy atom. The zero-order valence-corrected chi connectivity index (χ0v) is 17.4. The molecule has 29 heavy (non-hydrogen) atoms. The van der Waals surface area contributed by atoms with Crippen LogP contribution in [-0.4, -0.2) is 61.0 Å². The maximum absolute atomic E-state index is 13.0. The van der Waals surface area contributed by atoms with E-state index in [-0.39, 0.29) is 17.7 Å². The van der Waals surface area contributed by atoms with E-state index in [9.17, 15) is 9.59 Å². The van der Waals surface area contributed by atoms with Gasteiger partial charge < -0.3 is 14.5 Å². The Morgan fingerprint density at radius 3 is 1.86 bits per heavy atom. The van der Waals surface area contributed by atoms with Gasteiger partial charge in [0.2, 0.25) is 11.8 Å². The van der Waals surface area contributed by atoms with Crippen molar-refractivity contribution in [2.24, 2.45) is 17.8 Å². The van der Waals surface area contributed by atoms with Crippen molar-refractivity contribution in [1.29, 1.82) is 0 Å². The zero-order chi connectivity index (χ0) is 20.1. The Morgan fingerprint density at radius 2 is 1.28 bits per heavy atom. The predicted molar refractivity (Wildman–Crippen MR) is 112 cm³/mol. The van der Waals surface area contributed by atoms with Gasteiger partial charge in [-0.15, -0.1) is 0 Å². The Balaban J connectivity index is 1.20. The van der Waals surface area contributed by atoms with Crippen LogP contribution in [0.25, 0.3) is 0 Å². The number of nitrogens with zero attached hydrogens (tertiary/aromatic N) is 2. The molecule has 0 atom stereocenters. The highest BCUT2D eigenvalue weighted by Gasteiger charge is 2.34. The maximum atomic E-state index is 13.0. The molecule has 0 aromatic heterocycles. The summed E-state index contributed by atoms with van der Waals surface area (Å²) in [6.07, 6.45) is 6.64. The number of carbonyl (C=O) groups is 2. The summed E-state index contributed by atoms with van der Waals surface area (Å²) in [5, 5.41) is 0. The highest BCUT2D eigenvalue weighted by Crippen LogP contribution is 2.27. The SMILES string of the molecule is O=C(C1CCN(C(=O)C2CCOCC2)CC1)N1CCC(Cc2ccccc2)CC1. The van der Waals surface area contributed by atoms with E-state index >= 15 is 0 Å². The van der Waals surface area contributed by atoms with Gasteiger partial charge in [0.15, 0.2) is 0 Å². The molecule has 3 fully saturated rings. The van der Waals surface area contributed by atoms with Crippen LogP contribution >= 0.6 is 0 Å². The second-order valence-corrected chi connectivity index (χ2v) is 8.94. The minimum absolute atomic E-state index is 0.0967. The molecule has 0 N–H and O–H groups in total. The molecule has 5 heteroatoms. The van der Waals surface area contributed by atoms with Gasteiger partial charge in [0.1, 0.15) is 0 Å². The summed E-state index contributed by atoms with van der Waals surface area (Å²) in [5.41, 5.74) is 1.40. The summed E-state index contributed by atoms with van der Waals surface area (Å²) in [5.74, 6) is 1.50. The van der Waals surface area contributed by atoms with Crippen LogP contribution in [0.5, 0.6) is 0 Å². The molecular formula is C24H34N2O3. The molecule has 0 spiro atoms. The molecule has 0 bridgehead atoms. The Bertz CT molecular complexity index is 671. The molecule has 0 saturated carbocycles. The first kappa shape index (κ1) is 20.4. The number of benzene rings is 1. The molecule has 1 aromatic rings. The van der Waals surface area contributed by atoms with Gasteiger partial charge in [0.05, 0.1) is 0 Å². The number of piperidine rings is 2. The van der Waals surface area contributed by atoms with Gasteiger partial charge in [0.25, 0.3) is 0 Å². The van der Waals surface area contributed by atoms with E-state index in [0.29, 0.717) is 25.0 Å². The molecule has 0 radical (unpaired) electrons. The third kappa shape index (κ3) is 5.19. The lowest BCUT2D eigenvalue weighted by atomic mass is 9.88. The quantitative estimate of drug-likeness (QED) is 0.783. The monoisotopic (exact) mass is 398 g/mol. The van der Waals surface area contributed by atoms with Crippen LogP contribution in [-0.2, 0) is 20.7 Å². The lowest BCUT2D eigenvalue weighted by Crippen LogP contribution is -2.48. The topological polar surface area (TPSA) is 49.9 Å². The van der Waals surface area contributed by atoms with Crippen molar-refractivity contribution >= 4 is 11.8 Å². The molecule has 158 valence electrons. The van der Waals surface area contributed by atoms with Crippen LogP contribution < -0.4 is 0 Å². The molecule has 3 heterocycles. The normalized spacial score (nSPS) is 22.6. The van der Waals surface area contributed by atoms with E-state index < -0.39 is 0 Å². The highest BCUT2D eigenvalue weighted by molar-refractivity contribution is 5.81. The number of likely N-dealkylation sites (tertiary alicyclic amines) is 2. The zero-order valence-electron chi connectivity index (χ0n) is 17.4. The number of rotatable bonds is 4. The van der Waals surface area contributed by atoms with Crippen molar-refractivity contribution in [3.05, 3.63) is 35.9 Å². The van der Waals surface area contributed by atoms with Crippen LogP contribution in [0.3, 0.4) is 0 Å². The summed E-state index contributed by atoms with van der Waals surface area (Å²) in [4.78, 5) is 29.8. The summed E-state index contributed by atoms with van der Waals surface area (Å²) in [6.45, 7) is 4.64. The van der Waals surface area contributed by atoms with Crippen molar-refractivity contribution in [1.82, 2.24) is 9.80 Å². The van der Waals surface area contributed by atoms with E-state index in [0.717, 1.165) is 71.1 Å². The van der Waals surface area contributed by atoms with Gasteiger partial charge in [-0.2, -0.15) is 0 Å². The van der Waals surface area contributed by atoms with E-state index in [1.807, 2.05) is 4.90 Å². The van der Waals surface area contributed by atoms with E-state index in [4.69, 9.17) is 4.74 Å². The fourth-order valence-corrected chi connectivity index (χ4v) is 5.11. The summed E-state index contributed by atoms with van der Waals surface area (Å²) >= 11 is 0. The highest BCUT2D eigenvalue weighted by atomic mass is 16.5. The van der Waals surface area contributed by atoms with Gasteiger partial charge in [-0.05, 0) is 56.4 Å². The van der Waals surface area contributed by atoms with Gasteiger partial charge in [-0.25, -0.2) is 0 Å². The van der Waals surface area contributed by atoms with E-state index in [2.05, 4.69) is 35.2 Å².